The molecule has 0 radical (unpaired) electrons. The molecular formula is C11H18N2O2. The molecule has 1 aliphatic heterocycles. The molecule has 0 aromatic rings. The molecule has 1 heterocycles. The summed E-state index contributed by atoms with van der Waals surface area (Å²) in [7, 11) is 0. The summed E-state index contributed by atoms with van der Waals surface area (Å²) in [5.41, 5.74) is -0.694. The molecule has 0 aromatic carbocycles. The van der Waals surface area contributed by atoms with E-state index < -0.39 is 11.4 Å². The second kappa shape index (κ2) is 4.19. The fourth-order valence-corrected chi connectivity index (χ4v) is 1.79. The molecule has 0 aliphatic carbocycles. The smallest absolute Gasteiger partial charge is 0.310 e. The number of nitrogens with zero attached hydrogens (tertiary/aromatic N) is 2. The average Bonchev–Trinajstić information content (AvgIpc) is 2.09. The van der Waals surface area contributed by atoms with Gasteiger partial charge in [0.05, 0.1) is 11.5 Å². The van der Waals surface area contributed by atoms with E-state index in [-0.39, 0.29) is 5.92 Å². The number of rotatable bonds is 4. The van der Waals surface area contributed by atoms with Crippen LogP contribution in [0.3, 0.4) is 0 Å². The van der Waals surface area contributed by atoms with Crippen molar-refractivity contribution in [3.8, 4) is 6.07 Å². The number of carbonyl (C=O) groups is 1. The third-order valence-electron chi connectivity index (χ3n) is 3.09. The minimum absolute atomic E-state index is 0.0780. The van der Waals surface area contributed by atoms with Crippen LogP contribution in [0.1, 0.15) is 20.8 Å². The molecule has 0 saturated carbocycles. The molecular weight excluding hydrogens is 192 g/mol. The van der Waals surface area contributed by atoms with E-state index in [2.05, 4.69) is 11.0 Å². The van der Waals surface area contributed by atoms with Crippen molar-refractivity contribution in [2.45, 2.75) is 20.8 Å². The van der Waals surface area contributed by atoms with Crippen LogP contribution in [0.15, 0.2) is 0 Å². The zero-order valence-electron chi connectivity index (χ0n) is 9.53. The summed E-state index contributed by atoms with van der Waals surface area (Å²) < 4.78 is 0. The van der Waals surface area contributed by atoms with E-state index >= 15 is 0 Å². The first-order chi connectivity index (χ1) is 6.86. The minimum atomic E-state index is -0.765. The van der Waals surface area contributed by atoms with Gasteiger partial charge in [-0.1, -0.05) is 0 Å². The van der Waals surface area contributed by atoms with E-state index in [9.17, 15) is 4.79 Å². The van der Waals surface area contributed by atoms with Gasteiger partial charge < -0.3 is 10.0 Å². The van der Waals surface area contributed by atoms with Crippen LogP contribution in [0, 0.1) is 28.6 Å². The average molecular weight is 210 g/mol. The van der Waals surface area contributed by atoms with Crippen LogP contribution in [-0.2, 0) is 4.79 Å². The Morgan fingerprint density at radius 2 is 2.20 bits per heavy atom. The number of aliphatic carboxylic acids is 1. The fraction of sp³-hybridized carbons (Fsp3) is 0.818. The second-order valence-electron chi connectivity index (χ2n) is 5.06. The van der Waals surface area contributed by atoms with Crippen molar-refractivity contribution >= 4 is 5.97 Å². The molecule has 0 bridgehead atoms. The number of carboxylic acid groups (broad SMARTS) is 1. The molecule has 1 atom stereocenters. The van der Waals surface area contributed by atoms with Gasteiger partial charge in [-0.2, -0.15) is 5.26 Å². The van der Waals surface area contributed by atoms with Crippen LogP contribution in [-0.4, -0.2) is 35.6 Å². The van der Waals surface area contributed by atoms with Gasteiger partial charge in [0.25, 0.3) is 0 Å². The fourth-order valence-electron chi connectivity index (χ4n) is 1.79. The van der Waals surface area contributed by atoms with E-state index in [1.807, 2.05) is 6.92 Å². The zero-order chi connectivity index (χ0) is 11.6. The highest BCUT2D eigenvalue weighted by Crippen LogP contribution is 2.27. The highest BCUT2D eigenvalue weighted by atomic mass is 16.4. The summed E-state index contributed by atoms with van der Waals surface area (Å²) >= 11 is 0. The Morgan fingerprint density at radius 1 is 1.67 bits per heavy atom. The lowest BCUT2D eigenvalue weighted by Crippen LogP contribution is -2.53. The monoisotopic (exact) mass is 210 g/mol. The standard InChI is InChI=1S/C11H18N2O2/c1-8(4-12)9-5-13(6-9)7-11(2,3)10(14)15/h8-9H,5-7H2,1-3H3,(H,14,15). The van der Waals surface area contributed by atoms with Gasteiger partial charge in [-0.3, -0.25) is 4.79 Å². The molecule has 4 nitrogen and oxygen atoms in total. The van der Waals surface area contributed by atoms with Crippen LogP contribution in [0.2, 0.25) is 0 Å². The molecule has 1 saturated heterocycles. The molecule has 1 fully saturated rings. The third-order valence-corrected chi connectivity index (χ3v) is 3.09. The first-order valence-corrected chi connectivity index (χ1v) is 5.22. The van der Waals surface area contributed by atoms with Gasteiger partial charge in [-0.25, -0.2) is 0 Å². The van der Waals surface area contributed by atoms with Crippen LogP contribution >= 0.6 is 0 Å². The van der Waals surface area contributed by atoms with Gasteiger partial charge in [0.2, 0.25) is 0 Å². The predicted octanol–water partition coefficient (Wildman–Crippen LogP) is 1.19. The lowest BCUT2D eigenvalue weighted by Gasteiger charge is -2.43. The van der Waals surface area contributed by atoms with E-state index in [0.29, 0.717) is 12.5 Å². The van der Waals surface area contributed by atoms with Gasteiger partial charge in [0.1, 0.15) is 0 Å². The lowest BCUT2D eigenvalue weighted by molar-refractivity contribution is -0.149. The predicted molar refractivity (Wildman–Crippen MR) is 56.1 cm³/mol. The first kappa shape index (κ1) is 12.0. The number of nitriles is 1. The van der Waals surface area contributed by atoms with Crippen LogP contribution in [0.5, 0.6) is 0 Å². The Morgan fingerprint density at radius 3 is 2.60 bits per heavy atom. The van der Waals surface area contributed by atoms with Crippen molar-refractivity contribution in [2.24, 2.45) is 17.3 Å². The topological polar surface area (TPSA) is 64.3 Å². The summed E-state index contributed by atoms with van der Waals surface area (Å²) in [5.74, 6) is -0.270. The van der Waals surface area contributed by atoms with Gasteiger partial charge in [0, 0.05) is 25.6 Å². The van der Waals surface area contributed by atoms with Crippen molar-refractivity contribution < 1.29 is 9.90 Å². The van der Waals surface area contributed by atoms with Crippen molar-refractivity contribution in [1.29, 1.82) is 5.26 Å². The summed E-state index contributed by atoms with van der Waals surface area (Å²) in [6.45, 7) is 7.66. The van der Waals surface area contributed by atoms with Gasteiger partial charge in [-0.15, -0.1) is 0 Å². The third kappa shape index (κ3) is 2.69. The van der Waals surface area contributed by atoms with Gasteiger partial charge >= 0.3 is 5.97 Å². The van der Waals surface area contributed by atoms with Gasteiger partial charge in [0.15, 0.2) is 0 Å². The maximum atomic E-state index is 10.9. The summed E-state index contributed by atoms with van der Waals surface area (Å²) in [6, 6.07) is 2.23. The molecule has 1 unspecified atom stereocenters. The Balaban J connectivity index is 2.35. The highest BCUT2D eigenvalue weighted by molar-refractivity contribution is 5.73. The Bertz CT molecular complexity index is 287. The molecule has 84 valence electrons. The molecule has 4 heteroatoms. The zero-order valence-corrected chi connectivity index (χ0v) is 9.53. The van der Waals surface area contributed by atoms with Gasteiger partial charge in [-0.05, 0) is 26.7 Å². The SMILES string of the molecule is CC(C#N)C1CN(CC(C)(C)C(=O)O)C1. The Labute approximate surface area is 90.5 Å². The molecule has 0 amide bonds. The van der Waals surface area contributed by atoms with E-state index in [0.717, 1.165) is 13.1 Å². The first-order valence-electron chi connectivity index (χ1n) is 5.22. The molecule has 1 aliphatic rings. The van der Waals surface area contributed by atoms with Crippen molar-refractivity contribution in [3.05, 3.63) is 0 Å². The number of hydrogen-bond donors (Lipinski definition) is 1. The quantitative estimate of drug-likeness (QED) is 0.757. The van der Waals surface area contributed by atoms with Crippen LogP contribution in [0.4, 0.5) is 0 Å². The van der Waals surface area contributed by atoms with Crippen molar-refractivity contribution in [2.75, 3.05) is 19.6 Å². The molecule has 1 N–H and O–H groups in total. The lowest BCUT2D eigenvalue weighted by atomic mass is 9.84. The molecule has 0 spiro atoms. The van der Waals surface area contributed by atoms with E-state index in [1.54, 1.807) is 13.8 Å². The van der Waals surface area contributed by atoms with Crippen LogP contribution in [0.25, 0.3) is 0 Å². The highest BCUT2D eigenvalue weighted by Gasteiger charge is 2.37. The van der Waals surface area contributed by atoms with Crippen LogP contribution < -0.4 is 0 Å². The van der Waals surface area contributed by atoms with E-state index in [1.165, 1.54) is 0 Å². The number of likely N-dealkylation sites (tertiary alicyclic amines) is 1. The summed E-state index contributed by atoms with van der Waals surface area (Å²) in [4.78, 5) is 13.0. The molecule has 1 rings (SSSR count). The number of hydrogen-bond acceptors (Lipinski definition) is 3. The Kier molecular flexibility index (Phi) is 3.35. The molecule has 15 heavy (non-hydrogen) atoms. The summed E-state index contributed by atoms with van der Waals surface area (Å²) in [6.07, 6.45) is 0. The maximum Gasteiger partial charge on any atom is 0.310 e. The largest absolute Gasteiger partial charge is 0.481 e. The maximum absolute atomic E-state index is 10.9. The van der Waals surface area contributed by atoms with Crippen molar-refractivity contribution in [1.82, 2.24) is 4.90 Å². The van der Waals surface area contributed by atoms with E-state index in [4.69, 9.17) is 10.4 Å². The van der Waals surface area contributed by atoms with Crippen molar-refractivity contribution in [3.63, 3.8) is 0 Å². The minimum Gasteiger partial charge on any atom is -0.481 e. The Hall–Kier alpha value is -1.08. The second-order valence-corrected chi connectivity index (χ2v) is 5.06. The number of carboxylic acids is 1. The normalized spacial score (nSPS) is 20.4. The molecule has 0 aromatic heterocycles. The summed E-state index contributed by atoms with van der Waals surface area (Å²) in [5, 5.41) is 17.7.